The van der Waals surface area contributed by atoms with Crippen LogP contribution in [0.25, 0.3) is 5.82 Å². The zero-order valence-corrected chi connectivity index (χ0v) is 11.9. The highest BCUT2D eigenvalue weighted by Gasteiger charge is 2.20. The number of aromatic nitrogens is 4. The summed E-state index contributed by atoms with van der Waals surface area (Å²) in [6, 6.07) is 2.31. The summed E-state index contributed by atoms with van der Waals surface area (Å²) in [5, 5.41) is 3.46. The van der Waals surface area contributed by atoms with E-state index >= 15 is 0 Å². The molecule has 0 spiro atoms. The lowest BCUT2D eigenvalue weighted by Gasteiger charge is -2.28. The molecule has 2 heterocycles. The number of imidazole rings is 1. The third-order valence-corrected chi connectivity index (χ3v) is 4.12. The molecular weight excluding hydrogens is 250 g/mol. The molecular formula is C15H21N5. The average Bonchev–Trinajstić information content (AvgIpc) is 3.03. The third kappa shape index (κ3) is 2.98. The van der Waals surface area contributed by atoms with Gasteiger partial charge in [0.25, 0.3) is 0 Å². The fraction of sp³-hybridized carbons (Fsp3) is 0.533. The molecule has 0 bridgehead atoms. The van der Waals surface area contributed by atoms with Gasteiger partial charge >= 0.3 is 0 Å². The smallest absolute Gasteiger partial charge is 0.224 e. The van der Waals surface area contributed by atoms with Gasteiger partial charge < -0.3 is 5.32 Å². The molecule has 106 valence electrons. The summed E-state index contributed by atoms with van der Waals surface area (Å²) in [6.07, 6.45) is 13.9. The van der Waals surface area contributed by atoms with Crippen LogP contribution in [0.4, 0.5) is 5.95 Å². The molecule has 5 heteroatoms. The number of rotatable bonds is 4. The molecule has 2 aromatic heterocycles. The van der Waals surface area contributed by atoms with Crippen LogP contribution in [0.5, 0.6) is 0 Å². The first-order chi connectivity index (χ1) is 9.83. The summed E-state index contributed by atoms with van der Waals surface area (Å²) in [5.74, 6) is 2.29. The Bertz CT molecular complexity index is 531. The van der Waals surface area contributed by atoms with Crippen LogP contribution in [0.1, 0.15) is 39.0 Å². The van der Waals surface area contributed by atoms with E-state index in [2.05, 4.69) is 27.2 Å². The van der Waals surface area contributed by atoms with Crippen LogP contribution in [-0.4, -0.2) is 25.6 Å². The first-order valence-electron chi connectivity index (χ1n) is 7.41. The van der Waals surface area contributed by atoms with Gasteiger partial charge in [0.15, 0.2) is 0 Å². The van der Waals surface area contributed by atoms with E-state index in [0.717, 1.165) is 11.7 Å². The van der Waals surface area contributed by atoms with Crippen molar-refractivity contribution >= 4 is 5.95 Å². The molecule has 0 saturated heterocycles. The topological polar surface area (TPSA) is 55.6 Å². The molecule has 1 N–H and O–H groups in total. The van der Waals surface area contributed by atoms with Gasteiger partial charge in [-0.05, 0) is 31.7 Å². The highest BCUT2D eigenvalue weighted by atomic mass is 15.2. The molecule has 2 aromatic rings. The standard InChI is InChI=1S/C15H21N5/c1-12(13-5-3-2-4-6-13)18-15-17-8-7-14(19-15)20-10-9-16-11-20/h7-13H,2-6H2,1H3,(H,17,18,19). The molecule has 20 heavy (non-hydrogen) atoms. The van der Waals surface area contributed by atoms with Crippen molar-refractivity contribution in [2.75, 3.05) is 5.32 Å². The first-order valence-corrected chi connectivity index (χ1v) is 7.41. The zero-order valence-electron chi connectivity index (χ0n) is 11.9. The molecule has 3 rings (SSSR count). The highest BCUT2D eigenvalue weighted by molar-refractivity contribution is 5.32. The largest absolute Gasteiger partial charge is 0.351 e. The Morgan fingerprint density at radius 3 is 2.85 bits per heavy atom. The Hall–Kier alpha value is -1.91. The maximum atomic E-state index is 4.55. The van der Waals surface area contributed by atoms with Crippen LogP contribution in [0.3, 0.4) is 0 Å². The van der Waals surface area contributed by atoms with Gasteiger partial charge in [-0.3, -0.25) is 4.57 Å². The fourth-order valence-electron chi connectivity index (χ4n) is 2.91. The van der Waals surface area contributed by atoms with Crippen molar-refractivity contribution in [3.63, 3.8) is 0 Å². The summed E-state index contributed by atoms with van der Waals surface area (Å²) >= 11 is 0. The van der Waals surface area contributed by atoms with Crippen molar-refractivity contribution in [2.45, 2.75) is 45.1 Å². The number of anilines is 1. The SMILES string of the molecule is CC(Nc1nccc(-n2ccnc2)n1)C1CCCCC1. The van der Waals surface area contributed by atoms with Gasteiger partial charge in [-0.15, -0.1) is 0 Å². The van der Waals surface area contributed by atoms with E-state index in [1.807, 2.05) is 16.8 Å². The quantitative estimate of drug-likeness (QED) is 0.928. The molecule has 1 unspecified atom stereocenters. The van der Waals surface area contributed by atoms with Gasteiger partial charge in [0.1, 0.15) is 12.1 Å². The third-order valence-electron chi connectivity index (χ3n) is 4.12. The maximum absolute atomic E-state index is 4.55. The van der Waals surface area contributed by atoms with Gasteiger partial charge in [-0.25, -0.2) is 9.97 Å². The summed E-state index contributed by atoms with van der Waals surface area (Å²) in [4.78, 5) is 12.9. The Labute approximate surface area is 119 Å². The minimum atomic E-state index is 0.424. The predicted octanol–water partition coefficient (Wildman–Crippen LogP) is 3.04. The van der Waals surface area contributed by atoms with Crippen LogP contribution in [0.15, 0.2) is 31.0 Å². The molecule has 0 radical (unpaired) electrons. The van der Waals surface area contributed by atoms with Crippen molar-refractivity contribution in [3.05, 3.63) is 31.0 Å². The van der Waals surface area contributed by atoms with Crippen molar-refractivity contribution in [2.24, 2.45) is 5.92 Å². The van der Waals surface area contributed by atoms with Gasteiger partial charge in [-0.1, -0.05) is 19.3 Å². The van der Waals surface area contributed by atoms with E-state index < -0.39 is 0 Å². The summed E-state index contributed by atoms with van der Waals surface area (Å²) < 4.78 is 1.89. The lowest BCUT2D eigenvalue weighted by Crippen LogP contribution is -2.28. The van der Waals surface area contributed by atoms with Gasteiger partial charge in [0.05, 0.1) is 0 Å². The minimum Gasteiger partial charge on any atom is -0.351 e. The van der Waals surface area contributed by atoms with E-state index in [4.69, 9.17) is 0 Å². The first kappa shape index (κ1) is 13.1. The monoisotopic (exact) mass is 271 g/mol. The second-order valence-electron chi connectivity index (χ2n) is 5.54. The Morgan fingerprint density at radius 2 is 2.10 bits per heavy atom. The van der Waals surface area contributed by atoms with Crippen molar-refractivity contribution < 1.29 is 0 Å². The maximum Gasteiger partial charge on any atom is 0.224 e. The molecule has 1 aliphatic rings. The average molecular weight is 271 g/mol. The lowest BCUT2D eigenvalue weighted by atomic mass is 9.85. The van der Waals surface area contributed by atoms with Gasteiger partial charge in [0, 0.05) is 24.6 Å². The lowest BCUT2D eigenvalue weighted by molar-refractivity contribution is 0.327. The zero-order chi connectivity index (χ0) is 13.8. The van der Waals surface area contributed by atoms with Gasteiger partial charge in [-0.2, -0.15) is 4.98 Å². The molecule has 0 aliphatic heterocycles. The molecule has 1 saturated carbocycles. The molecule has 0 aromatic carbocycles. The summed E-state index contributed by atoms with van der Waals surface area (Å²) in [7, 11) is 0. The van der Waals surface area contributed by atoms with E-state index in [9.17, 15) is 0 Å². The highest BCUT2D eigenvalue weighted by Crippen LogP contribution is 2.27. The van der Waals surface area contributed by atoms with Crippen molar-refractivity contribution in [3.8, 4) is 5.82 Å². The second kappa shape index (κ2) is 6.03. The second-order valence-corrected chi connectivity index (χ2v) is 5.54. The molecule has 1 fully saturated rings. The van der Waals surface area contributed by atoms with Crippen LogP contribution in [-0.2, 0) is 0 Å². The summed E-state index contributed by atoms with van der Waals surface area (Å²) in [6.45, 7) is 2.24. The Balaban J connectivity index is 1.69. The molecule has 1 aliphatic carbocycles. The predicted molar refractivity (Wildman–Crippen MR) is 78.8 cm³/mol. The van der Waals surface area contributed by atoms with Crippen LogP contribution in [0.2, 0.25) is 0 Å². The van der Waals surface area contributed by atoms with Crippen LogP contribution < -0.4 is 5.32 Å². The van der Waals surface area contributed by atoms with E-state index in [0.29, 0.717) is 12.0 Å². The Kier molecular flexibility index (Phi) is 3.95. The van der Waals surface area contributed by atoms with Crippen molar-refractivity contribution in [1.82, 2.24) is 19.5 Å². The number of hydrogen-bond acceptors (Lipinski definition) is 4. The van der Waals surface area contributed by atoms with Crippen LogP contribution in [0, 0.1) is 5.92 Å². The normalized spacial score (nSPS) is 17.9. The fourth-order valence-corrected chi connectivity index (χ4v) is 2.91. The van der Waals surface area contributed by atoms with E-state index in [1.165, 1.54) is 32.1 Å². The molecule has 1 atom stereocenters. The minimum absolute atomic E-state index is 0.424. The number of nitrogens with one attached hydrogen (secondary N) is 1. The van der Waals surface area contributed by atoms with Crippen LogP contribution >= 0.6 is 0 Å². The Morgan fingerprint density at radius 1 is 1.25 bits per heavy atom. The number of hydrogen-bond donors (Lipinski definition) is 1. The number of nitrogens with zero attached hydrogens (tertiary/aromatic N) is 4. The molecule has 0 amide bonds. The van der Waals surface area contributed by atoms with E-state index in [1.54, 1.807) is 18.7 Å². The van der Waals surface area contributed by atoms with E-state index in [-0.39, 0.29) is 0 Å². The van der Waals surface area contributed by atoms with Crippen molar-refractivity contribution in [1.29, 1.82) is 0 Å². The summed E-state index contributed by atoms with van der Waals surface area (Å²) in [5.41, 5.74) is 0. The van der Waals surface area contributed by atoms with Gasteiger partial charge in [0.2, 0.25) is 5.95 Å². The molecule has 5 nitrogen and oxygen atoms in total.